The van der Waals surface area contributed by atoms with Crippen molar-refractivity contribution in [2.75, 3.05) is 57.9 Å². The third-order valence-corrected chi connectivity index (χ3v) is 6.48. The number of pyridine rings is 1. The average Bonchev–Trinajstić information content (AvgIpc) is 2.87. The van der Waals surface area contributed by atoms with Crippen LogP contribution in [0.2, 0.25) is 0 Å². The fraction of sp³-hybridized carbons (Fsp3) is 0.360. The Morgan fingerprint density at radius 1 is 1.06 bits per heavy atom. The van der Waals surface area contributed by atoms with Crippen LogP contribution >= 0.6 is 12.2 Å². The first-order chi connectivity index (χ1) is 17.0. The number of fused-ring (bicyclic) bond motifs is 2. The Labute approximate surface area is 207 Å². The number of morpholine rings is 1. The second-order valence-electron chi connectivity index (χ2n) is 8.52. The van der Waals surface area contributed by atoms with Gasteiger partial charge < -0.3 is 29.4 Å². The van der Waals surface area contributed by atoms with E-state index < -0.39 is 0 Å². The lowest BCUT2D eigenvalue weighted by atomic mass is 10.1. The summed E-state index contributed by atoms with van der Waals surface area (Å²) in [5.41, 5.74) is 1.77. The molecular weight excluding hydrogens is 471 g/mol. The van der Waals surface area contributed by atoms with Crippen molar-refractivity contribution in [2.45, 2.75) is 6.54 Å². The van der Waals surface area contributed by atoms with Gasteiger partial charge in [0.05, 0.1) is 25.3 Å². The second kappa shape index (κ2) is 10.6. The van der Waals surface area contributed by atoms with Crippen LogP contribution < -0.4 is 20.3 Å². The molecule has 3 aromatic rings. The topological polar surface area (TPSA) is 79.1 Å². The van der Waals surface area contributed by atoms with Crippen LogP contribution in [0.25, 0.3) is 10.9 Å². The van der Waals surface area contributed by atoms with Gasteiger partial charge in [-0.1, -0.05) is 0 Å². The van der Waals surface area contributed by atoms with Crippen LogP contribution in [0.4, 0.5) is 10.1 Å². The van der Waals surface area contributed by atoms with Crippen LogP contribution in [-0.2, 0) is 11.3 Å². The second-order valence-corrected chi connectivity index (χ2v) is 8.91. The summed E-state index contributed by atoms with van der Waals surface area (Å²) in [6.45, 7) is 5.81. The molecule has 0 unspecified atom stereocenters. The standard InChI is InChI=1S/C25H27FN4O4S/c26-19-1-3-20(4-2-19)27-25(35)30(6-5-29-7-9-32-10-8-29)16-18-13-17-14-22-23(34-12-11-33-22)15-21(17)28-24(18)31/h1-4,13-15H,5-12,16H2,(H,27,35)(H,28,31). The number of rotatable bonds is 6. The smallest absolute Gasteiger partial charge is 0.253 e. The molecule has 3 heterocycles. The Morgan fingerprint density at radius 3 is 2.51 bits per heavy atom. The van der Waals surface area contributed by atoms with E-state index >= 15 is 0 Å². The van der Waals surface area contributed by atoms with E-state index in [0.29, 0.717) is 72.9 Å². The lowest BCUT2D eigenvalue weighted by Crippen LogP contribution is -2.44. The van der Waals surface area contributed by atoms with E-state index in [1.54, 1.807) is 18.2 Å². The molecule has 0 spiro atoms. The van der Waals surface area contributed by atoms with Crippen LogP contribution in [0.5, 0.6) is 11.5 Å². The van der Waals surface area contributed by atoms with E-state index in [0.717, 1.165) is 25.0 Å². The van der Waals surface area contributed by atoms with Gasteiger partial charge in [-0.15, -0.1) is 0 Å². The number of hydrogen-bond acceptors (Lipinski definition) is 6. The van der Waals surface area contributed by atoms with Gasteiger partial charge in [0.15, 0.2) is 16.6 Å². The van der Waals surface area contributed by atoms with E-state index in [-0.39, 0.29) is 11.4 Å². The monoisotopic (exact) mass is 498 g/mol. The Morgan fingerprint density at radius 2 is 1.77 bits per heavy atom. The highest BCUT2D eigenvalue weighted by atomic mass is 32.1. The average molecular weight is 499 g/mol. The number of nitrogens with one attached hydrogen (secondary N) is 2. The van der Waals surface area contributed by atoms with Crippen LogP contribution in [0.1, 0.15) is 5.56 Å². The fourth-order valence-electron chi connectivity index (χ4n) is 4.19. The molecule has 1 fully saturated rings. The maximum absolute atomic E-state index is 13.3. The van der Waals surface area contributed by atoms with Gasteiger partial charge in [-0.25, -0.2) is 4.39 Å². The summed E-state index contributed by atoms with van der Waals surface area (Å²) in [5.74, 6) is 0.980. The molecule has 1 aromatic heterocycles. The predicted molar refractivity (Wildman–Crippen MR) is 136 cm³/mol. The number of ether oxygens (including phenoxy) is 3. The van der Waals surface area contributed by atoms with Gasteiger partial charge in [-0.2, -0.15) is 0 Å². The SMILES string of the molecule is O=c1[nH]c2cc3c(cc2cc1CN(CCN1CCOCC1)C(=S)Nc1ccc(F)cc1)OCCO3. The Kier molecular flexibility index (Phi) is 7.12. The predicted octanol–water partition coefficient (Wildman–Crippen LogP) is 2.97. The molecule has 0 amide bonds. The van der Waals surface area contributed by atoms with Gasteiger partial charge in [-0.05, 0) is 48.6 Å². The molecule has 0 atom stereocenters. The van der Waals surface area contributed by atoms with Gasteiger partial charge >= 0.3 is 0 Å². The van der Waals surface area contributed by atoms with Crippen LogP contribution in [0.3, 0.4) is 0 Å². The largest absolute Gasteiger partial charge is 0.486 e. The summed E-state index contributed by atoms with van der Waals surface area (Å²) in [4.78, 5) is 20.2. The minimum atomic E-state index is -0.315. The molecule has 2 aromatic carbocycles. The van der Waals surface area contributed by atoms with Crippen LogP contribution in [0, 0.1) is 5.82 Å². The van der Waals surface area contributed by atoms with Crippen molar-refractivity contribution in [2.24, 2.45) is 0 Å². The number of hydrogen-bond donors (Lipinski definition) is 2. The van der Waals surface area contributed by atoms with Crippen molar-refractivity contribution < 1.29 is 18.6 Å². The molecule has 2 aliphatic heterocycles. The first-order valence-corrected chi connectivity index (χ1v) is 12.0. The minimum absolute atomic E-state index is 0.185. The van der Waals surface area contributed by atoms with Crippen molar-refractivity contribution in [1.82, 2.24) is 14.8 Å². The highest BCUT2D eigenvalue weighted by Gasteiger charge is 2.18. The summed E-state index contributed by atoms with van der Waals surface area (Å²) in [7, 11) is 0. The van der Waals surface area contributed by atoms with Crippen LogP contribution in [0.15, 0.2) is 47.3 Å². The lowest BCUT2D eigenvalue weighted by Gasteiger charge is -2.31. The van der Waals surface area contributed by atoms with Crippen LogP contribution in [-0.4, -0.2) is 72.5 Å². The minimum Gasteiger partial charge on any atom is -0.486 e. The maximum Gasteiger partial charge on any atom is 0.253 e. The number of thiocarbonyl (C=S) groups is 1. The van der Waals surface area contributed by atoms with E-state index in [4.69, 9.17) is 26.4 Å². The number of anilines is 1. The van der Waals surface area contributed by atoms with Gasteiger partial charge in [0, 0.05) is 48.9 Å². The first-order valence-electron chi connectivity index (χ1n) is 11.6. The van der Waals surface area contributed by atoms with E-state index in [2.05, 4.69) is 15.2 Å². The summed E-state index contributed by atoms with van der Waals surface area (Å²) in [5, 5.41) is 4.49. The molecule has 0 bridgehead atoms. The van der Waals surface area contributed by atoms with E-state index in [1.165, 1.54) is 12.1 Å². The van der Waals surface area contributed by atoms with Gasteiger partial charge in [-0.3, -0.25) is 9.69 Å². The zero-order valence-corrected chi connectivity index (χ0v) is 20.0. The molecule has 5 rings (SSSR count). The van der Waals surface area contributed by atoms with Crippen molar-refractivity contribution >= 4 is 33.9 Å². The van der Waals surface area contributed by atoms with Crippen molar-refractivity contribution in [1.29, 1.82) is 0 Å². The number of H-pyrrole nitrogens is 1. The summed E-state index contributed by atoms with van der Waals surface area (Å²) < 4.78 is 30.1. The Bertz CT molecular complexity index is 1260. The number of aromatic nitrogens is 1. The van der Waals surface area contributed by atoms with Crippen molar-refractivity contribution in [3.8, 4) is 11.5 Å². The van der Waals surface area contributed by atoms with E-state index in [9.17, 15) is 9.18 Å². The molecular formula is C25H27FN4O4S. The lowest BCUT2D eigenvalue weighted by molar-refractivity contribution is 0.0358. The summed E-state index contributed by atoms with van der Waals surface area (Å²) in [6.07, 6.45) is 0. The normalized spacial score (nSPS) is 15.7. The third kappa shape index (κ3) is 5.72. The Hall–Kier alpha value is -3.21. The highest BCUT2D eigenvalue weighted by molar-refractivity contribution is 7.80. The Balaban J connectivity index is 1.38. The zero-order valence-electron chi connectivity index (χ0n) is 19.2. The molecule has 10 heteroatoms. The number of halogens is 1. The quantitative estimate of drug-likeness (QED) is 0.503. The molecule has 0 radical (unpaired) electrons. The number of benzene rings is 2. The molecule has 0 aliphatic carbocycles. The highest BCUT2D eigenvalue weighted by Crippen LogP contribution is 2.33. The number of nitrogens with zero attached hydrogens (tertiary/aromatic N) is 2. The van der Waals surface area contributed by atoms with Gasteiger partial charge in [0.2, 0.25) is 0 Å². The zero-order chi connectivity index (χ0) is 24.2. The van der Waals surface area contributed by atoms with Gasteiger partial charge in [0.25, 0.3) is 5.56 Å². The van der Waals surface area contributed by atoms with Crippen molar-refractivity contribution in [3.63, 3.8) is 0 Å². The molecule has 8 nitrogen and oxygen atoms in total. The number of aromatic amines is 1. The fourth-order valence-corrected chi connectivity index (χ4v) is 4.46. The summed E-state index contributed by atoms with van der Waals surface area (Å²) in [6, 6.07) is 11.6. The molecule has 184 valence electrons. The molecule has 0 saturated carbocycles. The van der Waals surface area contributed by atoms with E-state index in [1.807, 2.05) is 17.0 Å². The molecule has 2 N–H and O–H groups in total. The maximum atomic E-state index is 13.3. The van der Waals surface area contributed by atoms with Crippen molar-refractivity contribution in [3.05, 3.63) is 64.2 Å². The summed E-state index contributed by atoms with van der Waals surface area (Å²) >= 11 is 5.70. The molecule has 35 heavy (non-hydrogen) atoms. The third-order valence-electron chi connectivity index (χ3n) is 6.12. The first kappa shape index (κ1) is 23.5. The molecule has 2 aliphatic rings. The van der Waals surface area contributed by atoms with Gasteiger partial charge in [0.1, 0.15) is 19.0 Å². The molecule has 1 saturated heterocycles.